The van der Waals surface area contributed by atoms with Crippen LogP contribution in [0.4, 0.5) is 13.6 Å². The van der Waals surface area contributed by atoms with Crippen molar-refractivity contribution in [3.8, 4) is 0 Å². The third kappa shape index (κ3) is 8.08. The van der Waals surface area contributed by atoms with Crippen molar-refractivity contribution in [1.29, 1.82) is 0 Å². The van der Waals surface area contributed by atoms with Gasteiger partial charge in [-0.3, -0.25) is 9.59 Å². The van der Waals surface area contributed by atoms with E-state index in [2.05, 4.69) is 5.32 Å². The predicted octanol–water partition coefficient (Wildman–Crippen LogP) is 4.41. The van der Waals surface area contributed by atoms with Gasteiger partial charge in [-0.2, -0.15) is 0 Å². The van der Waals surface area contributed by atoms with Crippen LogP contribution in [0.1, 0.15) is 58.4 Å². The van der Waals surface area contributed by atoms with Crippen LogP contribution in [-0.4, -0.2) is 35.4 Å². The molecule has 0 aromatic heterocycles. The molecular formula is C22H29F2NO5. The molecule has 1 saturated carbocycles. The van der Waals surface area contributed by atoms with Crippen molar-refractivity contribution in [3.63, 3.8) is 0 Å². The molecule has 0 aliphatic heterocycles. The first-order valence-corrected chi connectivity index (χ1v) is 10.0. The Labute approximate surface area is 175 Å². The fourth-order valence-corrected chi connectivity index (χ4v) is 3.38. The van der Waals surface area contributed by atoms with Gasteiger partial charge in [0, 0.05) is 12.8 Å². The number of benzene rings is 1. The summed E-state index contributed by atoms with van der Waals surface area (Å²) in [7, 11) is 0. The number of ether oxygens (including phenoxy) is 2. The number of hydrogen-bond donors (Lipinski definition) is 1. The molecule has 166 valence electrons. The molecule has 1 amide bonds. The lowest BCUT2D eigenvalue weighted by molar-refractivity contribution is -0.156. The quantitative estimate of drug-likeness (QED) is 0.517. The van der Waals surface area contributed by atoms with Crippen LogP contribution >= 0.6 is 0 Å². The molecular weight excluding hydrogens is 396 g/mol. The molecule has 0 heterocycles. The molecule has 1 aromatic carbocycles. The average molecular weight is 425 g/mol. The SMILES string of the molecule is CC(C)(C)OC(=O)CC(=O)C(NC(=O)OCc1ccccc1)C1CCC(F)(F)CC1. The average Bonchev–Trinajstić information content (AvgIpc) is 2.64. The highest BCUT2D eigenvalue weighted by Crippen LogP contribution is 2.37. The maximum atomic E-state index is 13.5. The van der Waals surface area contributed by atoms with Gasteiger partial charge in [-0.05, 0) is 45.1 Å². The Bertz CT molecular complexity index is 736. The number of halogens is 2. The van der Waals surface area contributed by atoms with Crippen molar-refractivity contribution in [3.05, 3.63) is 35.9 Å². The number of nitrogens with one attached hydrogen (secondary N) is 1. The number of esters is 1. The van der Waals surface area contributed by atoms with Crippen molar-refractivity contribution in [2.45, 2.75) is 77.0 Å². The fourth-order valence-electron chi connectivity index (χ4n) is 3.38. The number of Topliss-reactive ketones (excluding diaryl/α,β-unsaturated/α-hetero) is 1. The molecule has 0 spiro atoms. The van der Waals surface area contributed by atoms with E-state index in [4.69, 9.17) is 9.47 Å². The molecule has 1 aromatic rings. The maximum absolute atomic E-state index is 13.5. The topological polar surface area (TPSA) is 81.7 Å². The number of ketones is 1. The van der Waals surface area contributed by atoms with Crippen molar-refractivity contribution in [2.75, 3.05) is 0 Å². The van der Waals surface area contributed by atoms with E-state index in [1.54, 1.807) is 45.0 Å². The van der Waals surface area contributed by atoms with Crippen LogP contribution in [0.5, 0.6) is 0 Å². The van der Waals surface area contributed by atoms with Gasteiger partial charge in [-0.25, -0.2) is 13.6 Å². The van der Waals surface area contributed by atoms with Gasteiger partial charge in [0.2, 0.25) is 5.92 Å². The summed E-state index contributed by atoms with van der Waals surface area (Å²) in [5, 5.41) is 2.49. The van der Waals surface area contributed by atoms with Gasteiger partial charge < -0.3 is 14.8 Å². The Morgan fingerprint density at radius 2 is 1.73 bits per heavy atom. The molecule has 0 bridgehead atoms. The molecule has 1 aliphatic rings. The lowest BCUT2D eigenvalue weighted by atomic mass is 9.80. The second-order valence-electron chi connectivity index (χ2n) is 8.61. The minimum absolute atomic E-state index is 0.00237. The molecule has 1 unspecified atom stereocenters. The fraction of sp³-hybridized carbons (Fsp3) is 0.591. The highest BCUT2D eigenvalue weighted by atomic mass is 19.3. The summed E-state index contributed by atoms with van der Waals surface area (Å²) in [6.45, 7) is 5.03. The first-order chi connectivity index (χ1) is 14.0. The molecule has 1 fully saturated rings. The number of amides is 1. The van der Waals surface area contributed by atoms with Gasteiger partial charge in [0.15, 0.2) is 5.78 Å². The van der Waals surface area contributed by atoms with Crippen molar-refractivity contribution in [1.82, 2.24) is 5.32 Å². The third-order valence-corrected chi connectivity index (χ3v) is 4.80. The van der Waals surface area contributed by atoms with E-state index in [0.29, 0.717) is 0 Å². The molecule has 1 atom stereocenters. The van der Waals surface area contributed by atoms with E-state index in [1.807, 2.05) is 6.07 Å². The second kappa shape index (κ2) is 10.00. The molecule has 2 rings (SSSR count). The third-order valence-electron chi connectivity index (χ3n) is 4.80. The number of rotatable bonds is 7. The zero-order chi connectivity index (χ0) is 22.4. The van der Waals surface area contributed by atoms with Gasteiger partial charge in [-0.1, -0.05) is 30.3 Å². The number of carbonyl (C=O) groups excluding carboxylic acids is 3. The van der Waals surface area contributed by atoms with Crippen LogP contribution in [0.25, 0.3) is 0 Å². The Balaban J connectivity index is 2.02. The summed E-state index contributed by atoms with van der Waals surface area (Å²) in [5.74, 6) is -4.57. The van der Waals surface area contributed by atoms with Crippen LogP contribution in [0, 0.1) is 5.92 Å². The van der Waals surface area contributed by atoms with Crippen LogP contribution in [0.3, 0.4) is 0 Å². The Kier molecular flexibility index (Phi) is 7.92. The van der Waals surface area contributed by atoms with E-state index < -0.39 is 47.7 Å². The first-order valence-electron chi connectivity index (χ1n) is 10.0. The number of alkyl carbamates (subject to hydrolysis) is 1. The van der Waals surface area contributed by atoms with E-state index in [0.717, 1.165) is 5.56 Å². The molecule has 0 radical (unpaired) electrons. The molecule has 8 heteroatoms. The van der Waals surface area contributed by atoms with E-state index in [1.165, 1.54) is 0 Å². The first kappa shape index (κ1) is 23.8. The van der Waals surface area contributed by atoms with Gasteiger partial charge in [0.25, 0.3) is 0 Å². The molecule has 1 N–H and O–H groups in total. The normalized spacial score (nSPS) is 17.6. The molecule has 6 nitrogen and oxygen atoms in total. The summed E-state index contributed by atoms with van der Waals surface area (Å²) in [4.78, 5) is 37.1. The van der Waals surface area contributed by atoms with E-state index in [-0.39, 0.29) is 32.3 Å². The highest BCUT2D eigenvalue weighted by molar-refractivity contribution is 5.99. The summed E-state index contributed by atoms with van der Waals surface area (Å²) in [6, 6.07) is 7.89. The Morgan fingerprint density at radius 3 is 2.30 bits per heavy atom. The zero-order valence-electron chi connectivity index (χ0n) is 17.6. The van der Waals surface area contributed by atoms with Crippen LogP contribution < -0.4 is 5.32 Å². The minimum Gasteiger partial charge on any atom is -0.460 e. The molecule has 30 heavy (non-hydrogen) atoms. The van der Waals surface area contributed by atoms with Crippen LogP contribution in [0.2, 0.25) is 0 Å². The highest BCUT2D eigenvalue weighted by Gasteiger charge is 2.41. The maximum Gasteiger partial charge on any atom is 0.408 e. The molecule has 0 saturated heterocycles. The van der Waals surface area contributed by atoms with Crippen molar-refractivity contribution in [2.24, 2.45) is 5.92 Å². The lowest BCUT2D eigenvalue weighted by Crippen LogP contribution is -2.48. The van der Waals surface area contributed by atoms with Gasteiger partial charge in [0.05, 0.1) is 6.04 Å². The smallest absolute Gasteiger partial charge is 0.408 e. The second-order valence-corrected chi connectivity index (χ2v) is 8.61. The zero-order valence-corrected chi connectivity index (χ0v) is 17.6. The van der Waals surface area contributed by atoms with Gasteiger partial charge >= 0.3 is 12.1 Å². The number of hydrogen-bond acceptors (Lipinski definition) is 5. The standard InChI is InChI=1S/C22H29F2NO5/c1-21(2,3)30-18(27)13-17(26)19(16-9-11-22(23,24)12-10-16)25-20(28)29-14-15-7-5-4-6-8-15/h4-8,16,19H,9-14H2,1-3H3,(H,25,28). The summed E-state index contributed by atoms with van der Waals surface area (Å²) >= 11 is 0. The largest absolute Gasteiger partial charge is 0.460 e. The summed E-state index contributed by atoms with van der Waals surface area (Å²) in [6.07, 6.45) is -1.98. The van der Waals surface area contributed by atoms with Gasteiger partial charge in [-0.15, -0.1) is 0 Å². The number of carbonyl (C=O) groups is 3. The van der Waals surface area contributed by atoms with E-state index in [9.17, 15) is 23.2 Å². The van der Waals surface area contributed by atoms with Gasteiger partial charge in [0.1, 0.15) is 18.6 Å². The van der Waals surface area contributed by atoms with E-state index >= 15 is 0 Å². The van der Waals surface area contributed by atoms with Crippen molar-refractivity contribution < 1.29 is 32.6 Å². The monoisotopic (exact) mass is 425 g/mol. The summed E-state index contributed by atoms with van der Waals surface area (Å²) < 4.78 is 37.4. The Hall–Kier alpha value is -2.51. The lowest BCUT2D eigenvalue weighted by Gasteiger charge is -2.33. The predicted molar refractivity (Wildman–Crippen MR) is 106 cm³/mol. The minimum atomic E-state index is -2.77. The Morgan fingerprint density at radius 1 is 1.13 bits per heavy atom. The van der Waals surface area contributed by atoms with Crippen molar-refractivity contribution >= 4 is 17.8 Å². The summed E-state index contributed by atoms with van der Waals surface area (Å²) in [5.41, 5.74) is 0.00326. The van der Waals surface area contributed by atoms with Crippen LogP contribution in [-0.2, 0) is 25.7 Å². The number of alkyl halides is 2. The van der Waals surface area contributed by atoms with Crippen LogP contribution in [0.15, 0.2) is 30.3 Å². The molecule has 1 aliphatic carbocycles.